The summed E-state index contributed by atoms with van der Waals surface area (Å²) < 4.78 is 19.3. The monoisotopic (exact) mass is 717 g/mol. The van der Waals surface area contributed by atoms with Crippen molar-refractivity contribution in [2.45, 2.75) is 40.2 Å². The molecule has 1 heterocycles. The second-order valence-electron chi connectivity index (χ2n) is 11.0. The van der Waals surface area contributed by atoms with E-state index in [1.54, 1.807) is 36.4 Å². The summed E-state index contributed by atoms with van der Waals surface area (Å²) >= 11 is 10.3. The van der Waals surface area contributed by atoms with Gasteiger partial charge in [-0.2, -0.15) is 9.78 Å². The average molecular weight is 719 g/mol. The number of hydrogen-bond donors (Lipinski definition) is 1. The fourth-order valence-corrected chi connectivity index (χ4v) is 5.78. The Balaban J connectivity index is 1.60. The molecule has 0 radical (unpaired) electrons. The summed E-state index contributed by atoms with van der Waals surface area (Å²) in [6.45, 7) is 8.66. The number of halogens is 2. The maximum absolute atomic E-state index is 13.9. The molecule has 0 saturated heterocycles. The first-order chi connectivity index (χ1) is 22.5. The number of methoxy groups -OCH3 is 1. The first-order valence-corrected chi connectivity index (χ1v) is 16.1. The number of aromatic carboxylic acids is 1. The number of carboxylic acids is 1. The van der Waals surface area contributed by atoms with Gasteiger partial charge in [0.15, 0.2) is 17.3 Å². The summed E-state index contributed by atoms with van der Waals surface area (Å²) in [4.78, 5) is 30.2. The smallest absolute Gasteiger partial charge is 0.335 e. The third kappa shape index (κ3) is 7.03. The SMILES string of the molecule is CCOc1cc(C)c(-c2nc3ccccc3c(=O)n2N=Cc2cc(OC)c(OCc3cccc(C(=O)O)c3)c(Cl)c2Br)cc1C(C)C. The predicted molar refractivity (Wildman–Crippen MR) is 188 cm³/mol. The van der Waals surface area contributed by atoms with Crippen LogP contribution in [-0.4, -0.2) is 40.7 Å². The molecule has 0 saturated carbocycles. The lowest BCUT2D eigenvalue weighted by molar-refractivity contribution is 0.0696. The molecule has 0 fully saturated rings. The highest BCUT2D eigenvalue weighted by molar-refractivity contribution is 9.10. The normalized spacial score (nSPS) is 11.4. The molecule has 0 amide bonds. The molecule has 0 aliphatic heterocycles. The van der Waals surface area contributed by atoms with Crippen LogP contribution in [0.3, 0.4) is 0 Å². The molecule has 0 atom stereocenters. The zero-order valence-corrected chi connectivity index (χ0v) is 28.8. The third-order valence-corrected chi connectivity index (χ3v) is 8.96. The lowest BCUT2D eigenvalue weighted by Crippen LogP contribution is -2.21. The number of aryl methyl sites for hydroxylation is 1. The van der Waals surface area contributed by atoms with Crippen LogP contribution in [0.5, 0.6) is 17.2 Å². The van der Waals surface area contributed by atoms with Crippen molar-refractivity contribution in [2.75, 3.05) is 13.7 Å². The minimum absolute atomic E-state index is 0.0540. The Hall–Kier alpha value is -4.67. The predicted octanol–water partition coefficient (Wildman–Crippen LogP) is 8.48. The van der Waals surface area contributed by atoms with Crippen LogP contribution in [0.4, 0.5) is 0 Å². The van der Waals surface area contributed by atoms with Crippen LogP contribution in [0, 0.1) is 6.92 Å². The average Bonchev–Trinajstić information content (AvgIpc) is 3.05. The fourth-order valence-electron chi connectivity index (χ4n) is 5.13. The Bertz CT molecular complexity index is 2080. The van der Waals surface area contributed by atoms with Crippen LogP contribution in [-0.2, 0) is 6.61 Å². The summed E-state index contributed by atoms with van der Waals surface area (Å²) in [5, 5.41) is 14.6. The van der Waals surface area contributed by atoms with Crippen LogP contribution in [0.1, 0.15) is 59.3 Å². The van der Waals surface area contributed by atoms with Crippen molar-refractivity contribution in [3.8, 4) is 28.6 Å². The first kappa shape index (κ1) is 33.7. The van der Waals surface area contributed by atoms with Gasteiger partial charge < -0.3 is 19.3 Å². The molecule has 47 heavy (non-hydrogen) atoms. The number of benzene rings is 4. The van der Waals surface area contributed by atoms with Crippen LogP contribution in [0.25, 0.3) is 22.3 Å². The van der Waals surface area contributed by atoms with Gasteiger partial charge in [-0.3, -0.25) is 4.79 Å². The van der Waals surface area contributed by atoms with Gasteiger partial charge in [-0.15, -0.1) is 0 Å². The molecular weight excluding hydrogens is 686 g/mol. The molecule has 0 aliphatic carbocycles. The van der Waals surface area contributed by atoms with Gasteiger partial charge in [0.25, 0.3) is 5.56 Å². The van der Waals surface area contributed by atoms with E-state index in [0.29, 0.717) is 44.7 Å². The Labute approximate surface area is 285 Å². The molecule has 11 heteroatoms. The van der Waals surface area contributed by atoms with Gasteiger partial charge in [0.05, 0.1) is 36.4 Å². The molecule has 9 nitrogen and oxygen atoms in total. The Kier molecular flexibility index (Phi) is 10.3. The van der Waals surface area contributed by atoms with Crippen LogP contribution in [0.15, 0.2) is 81.1 Å². The highest BCUT2D eigenvalue weighted by Crippen LogP contribution is 2.42. The number of nitrogens with zero attached hydrogens (tertiary/aromatic N) is 3. The summed E-state index contributed by atoms with van der Waals surface area (Å²) in [5.41, 5.74) is 4.16. The van der Waals surface area contributed by atoms with Gasteiger partial charge in [0, 0.05) is 15.6 Å². The molecule has 1 N–H and O–H groups in total. The maximum atomic E-state index is 13.9. The number of rotatable bonds is 11. The van der Waals surface area contributed by atoms with E-state index in [0.717, 1.165) is 22.4 Å². The van der Waals surface area contributed by atoms with E-state index >= 15 is 0 Å². The van der Waals surface area contributed by atoms with E-state index in [2.05, 4.69) is 34.9 Å². The van der Waals surface area contributed by atoms with Gasteiger partial charge in [-0.05, 0) is 94.9 Å². The Morgan fingerprint density at radius 3 is 2.55 bits per heavy atom. The Morgan fingerprint density at radius 1 is 1.09 bits per heavy atom. The van der Waals surface area contributed by atoms with Gasteiger partial charge in [0.2, 0.25) is 0 Å². The molecule has 0 aliphatic rings. The molecule has 0 bridgehead atoms. The van der Waals surface area contributed by atoms with Crippen LogP contribution >= 0.6 is 27.5 Å². The van der Waals surface area contributed by atoms with Crippen molar-refractivity contribution in [3.05, 3.63) is 114 Å². The van der Waals surface area contributed by atoms with Gasteiger partial charge >= 0.3 is 5.97 Å². The lowest BCUT2D eigenvalue weighted by Gasteiger charge is -2.18. The molecule has 0 unspecified atom stereocenters. The molecule has 5 rings (SSSR count). The molecule has 242 valence electrons. The lowest BCUT2D eigenvalue weighted by atomic mass is 9.96. The summed E-state index contributed by atoms with van der Waals surface area (Å²) in [5.74, 6) is 0.885. The van der Waals surface area contributed by atoms with Gasteiger partial charge in [0.1, 0.15) is 17.4 Å². The van der Waals surface area contributed by atoms with Crippen LogP contribution in [0.2, 0.25) is 5.02 Å². The number of para-hydroxylation sites is 1. The third-order valence-electron chi connectivity index (χ3n) is 7.52. The maximum Gasteiger partial charge on any atom is 0.335 e. The topological polar surface area (TPSA) is 112 Å². The quantitative estimate of drug-likeness (QED) is 0.136. The molecule has 5 aromatic rings. The minimum Gasteiger partial charge on any atom is -0.494 e. The van der Waals surface area contributed by atoms with Crippen molar-refractivity contribution in [1.29, 1.82) is 0 Å². The molecular formula is C36H33BrClN3O6. The summed E-state index contributed by atoms with van der Waals surface area (Å²) in [6.07, 6.45) is 1.51. The highest BCUT2D eigenvalue weighted by atomic mass is 79.9. The van der Waals surface area contributed by atoms with Crippen molar-refractivity contribution in [3.63, 3.8) is 0 Å². The van der Waals surface area contributed by atoms with E-state index in [9.17, 15) is 14.7 Å². The summed E-state index contributed by atoms with van der Waals surface area (Å²) in [6, 6.07) is 19.3. The number of fused-ring (bicyclic) bond motifs is 1. The van der Waals surface area contributed by atoms with E-state index < -0.39 is 5.97 Å². The number of hydrogen-bond acceptors (Lipinski definition) is 7. The summed E-state index contributed by atoms with van der Waals surface area (Å²) in [7, 11) is 1.48. The highest BCUT2D eigenvalue weighted by Gasteiger charge is 2.20. The number of carboxylic acid groups (broad SMARTS) is 1. The van der Waals surface area contributed by atoms with Crippen LogP contribution < -0.4 is 19.8 Å². The largest absolute Gasteiger partial charge is 0.494 e. The molecule has 4 aromatic carbocycles. The zero-order chi connectivity index (χ0) is 33.8. The number of ether oxygens (including phenoxy) is 3. The minimum atomic E-state index is -1.03. The van der Waals surface area contributed by atoms with E-state index in [1.165, 1.54) is 30.1 Å². The second kappa shape index (κ2) is 14.4. The van der Waals surface area contributed by atoms with E-state index in [-0.39, 0.29) is 34.4 Å². The van der Waals surface area contributed by atoms with Crippen molar-refractivity contribution >= 4 is 50.6 Å². The van der Waals surface area contributed by atoms with Crippen molar-refractivity contribution in [2.24, 2.45) is 5.10 Å². The van der Waals surface area contributed by atoms with Crippen molar-refractivity contribution in [1.82, 2.24) is 9.66 Å². The molecule has 1 aromatic heterocycles. The first-order valence-electron chi connectivity index (χ1n) is 14.9. The number of aromatic nitrogens is 2. The van der Waals surface area contributed by atoms with Gasteiger partial charge in [-0.1, -0.05) is 49.7 Å². The van der Waals surface area contributed by atoms with E-state index in [1.807, 2.05) is 32.0 Å². The Morgan fingerprint density at radius 2 is 1.85 bits per heavy atom. The standard InChI is InChI=1S/C36H33BrClN3O6/c1-6-46-29-14-21(4)27(17-26(29)20(2)3)34-40-28-13-8-7-12-25(28)35(42)41(34)39-18-24-16-30(45-5)33(32(38)31(24)37)47-19-22-10-9-11-23(15-22)36(43)44/h7-18,20H,6,19H2,1-5H3,(H,43,44). The zero-order valence-electron chi connectivity index (χ0n) is 26.5. The molecule has 0 spiro atoms. The number of carbonyl (C=O) groups is 1. The van der Waals surface area contributed by atoms with Crippen molar-refractivity contribution < 1.29 is 24.1 Å². The second-order valence-corrected chi connectivity index (χ2v) is 12.2. The van der Waals surface area contributed by atoms with Gasteiger partial charge in [-0.25, -0.2) is 9.78 Å². The fraction of sp³-hybridized carbons (Fsp3) is 0.222. The van der Waals surface area contributed by atoms with E-state index in [4.69, 9.17) is 30.8 Å².